The average Bonchev–Trinajstić information content (AvgIpc) is 2.88. The van der Waals surface area contributed by atoms with E-state index in [0.29, 0.717) is 5.88 Å². The Balaban J connectivity index is 2.13. The van der Waals surface area contributed by atoms with E-state index in [1.54, 1.807) is 0 Å². The lowest BCUT2D eigenvalue weighted by molar-refractivity contribution is 0.551. The molecule has 0 aliphatic heterocycles. The van der Waals surface area contributed by atoms with Crippen molar-refractivity contribution in [3.63, 3.8) is 0 Å². The number of rotatable bonds is 13. The lowest BCUT2D eigenvalue weighted by Gasteiger charge is -2.07. The first-order valence-electron chi connectivity index (χ1n) is 8.80. The van der Waals surface area contributed by atoms with E-state index in [2.05, 4.69) is 28.6 Å². The highest BCUT2D eigenvalue weighted by molar-refractivity contribution is 6.16. The zero-order chi connectivity index (χ0) is 15.3. The summed E-state index contributed by atoms with van der Waals surface area (Å²) in [6.45, 7) is 5.44. The fraction of sp³-hybridized carbons (Fsp3) is 0.882. The smallest absolute Gasteiger partial charge is 0.147 e. The van der Waals surface area contributed by atoms with Gasteiger partial charge in [0.2, 0.25) is 0 Å². The van der Waals surface area contributed by atoms with Gasteiger partial charge in [0, 0.05) is 13.0 Å². The summed E-state index contributed by atoms with van der Waals surface area (Å²) in [5.41, 5.74) is 0. The molecular formula is C17H32ClN3. The Morgan fingerprint density at radius 1 is 0.762 bits per heavy atom. The van der Waals surface area contributed by atoms with Crippen LogP contribution in [0.2, 0.25) is 0 Å². The SMILES string of the molecule is CCCCCCCCCCCc1nnc(CCl)n1CCC. The number of nitrogens with zero attached hydrogens (tertiary/aromatic N) is 3. The fourth-order valence-corrected chi connectivity index (χ4v) is 2.93. The summed E-state index contributed by atoms with van der Waals surface area (Å²) in [6, 6.07) is 0. The van der Waals surface area contributed by atoms with Crippen LogP contribution in [0, 0.1) is 0 Å². The Labute approximate surface area is 135 Å². The summed E-state index contributed by atoms with van der Waals surface area (Å²) in [5.74, 6) is 2.50. The number of hydrogen-bond acceptors (Lipinski definition) is 2. The third kappa shape index (κ3) is 7.30. The van der Waals surface area contributed by atoms with Crippen molar-refractivity contribution in [3.05, 3.63) is 11.6 Å². The zero-order valence-electron chi connectivity index (χ0n) is 13.9. The Morgan fingerprint density at radius 2 is 1.33 bits per heavy atom. The molecule has 4 heteroatoms. The Bertz CT molecular complexity index is 363. The van der Waals surface area contributed by atoms with E-state index in [1.165, 1.54) is 57.8 Å². The van der Waals surface area contributed by atoms with Crippen LogP contribution in [0.3, 0.4) is 0 Å². The van der Waals surface area contributed by atoms with Gasteiger partial charge in [0.15, 0.2) is 0 Å². The van der Waals surface area contributed by atoms with Crippen molar-refractivity contribution in [1.82, 2.24) is 14.8 Å². The summed E-state index contributed by atoms with van der Waals surface area (Å²) in [5, 5.41) is 8.49. The van der Waals surface area contributed by atoms with Crippen LogP contribution in [0.25, 0.3) is 0 Å². The normalized spacial score (nSPS) is 11.2. The van der Waals surface area contributed by atoms with Gasteiger partial charge in [-0.3, -0.25) is 0 Å². The van der Waals surface area contributed by atoms with Gasteiger partial charge < -0.3 is 4.57 Å². The van der Waals surface area contributed by atoms with Crippen molar-refractivity contribution >= 4 is 11.6 Å². The molecule has 0 spiro atoms. The molecule has 0 aliphatic rings. The molecule has 3 nitrogen and oxygen atoms in total. The highest BCUT2D eigenvalue weighted by Gasteiger charge is 2.09. The van der Waals surface area contributed by atoms with Crippen LogP contribution in [-0.4, -0.2) is 14.8 Å². The quantitative estimate of drug-likeness (QED) is 0.355. The van der Waals surface area contributed by atoms with Crippen molar-refractivity contribution in [2.45, 2.75) is 96.9 Å². The van der Waals surface area contributed by atoms with Gasteiger partial charge in [-0.2, -0.15) is 0 Å². The lowest BCUT2D eigenvalue weighted by atomic mass is 10.1. The summed E-state index contributed by atoms with van der Waals surface area (Å²) in [6.07, 6.45) is 14.4. The molecule has 0 radical (unpaired) electrons. The van der Waals surface area contributed by atoms with Gasteiger partial charge in [-0.15, -0.1) is 21.8 Å². The Hall–Kier alpha value is -0.570. The van der Waals surface area contributed by atoms with Crippen molar-refractivity contribution < 1.29 is 0 Å². The first-order chi connectivity index (χ1) is 10.3. The molecule has 0 saturated heterocycles. The van der Waals surface area contributed by atoms with E-state index in [-0.39, 0.29) is 0 Å². The maximum absolute atomic E-state index is 5.91. The predicted octanol–water partition coefficient (Wildman–Crippen LogP) is 5.50. The molecule has 1 heterocycles. The standard InChI is InChI=1S/C17H32ClN3/c1-3-5-6-7-8-9-10-11-12-13-16-19-20-17(15-18)21(16)14-4-2/h3-15H2,1-2H3. The van der Waals surface area contributed by atoms with Gasteiger partial charge in [0.25, 0.3) is 0 Å². The first-order valence-corrected chi connectivity index (χ1v) is 9.33. The van der Waals surface area contributed by atoms with Crippen LogP contribution in [-0.2, 0) is 18.8 Å². The topological polar surface area (TPSA) is 30.7 Å². The molecular weight excluding hydrogens is 282 g/mol. The fourth-order valence-electron chi connectivity index (χ4n) is 2.73. The Morgan fingerprint density at radius 3 is 1.90 bits per heavy atom. The van der Waals surface area contributed by atoms with E-state index in [9.17, 15) is 0 Å². The van der Waals surface area contributed by atoms with Crippen LogP contribution in [0.1, 0.15) is 89.7 Å². The maximum Gasteiger partial charge on any atom is 0.147 e. The summed E-state index contributed by atoms with van der Waals surface area (Å²) in [4.78, 5) is 0. The number of halogens is 1. The zero-order valence-corrected chi connectivity index (χ0v) is 14.7. The molecule has 122 valence electrons. The molecule has 0 aromatic carbocycles. The van der Waals surface area contributed by atoms with Crippen molar-refractivity contribution in [2.75, 3.05) is 0 Å². The molecule has 0 unspecified atom stereocenters. The highest BCUT2D eigenvalue weighted by Crippen LogP contribution is 2.13. The van der Waals surface area contributed by atoms with Crippen LogP contribution < -0.4 is 0 Å². The van der Waals surface area contributed by atoms with Crippen molar-refractivity contribution in [1.29, 1.82) is 0 Å². The van der Waals surface area contributed by atoms with Crippen molar-refractivity contribution in [2.24, 2.45) is 0 Å². The monoisotopic (exact) mass is 313 g/mol. The number of hydrogen-bond donors (Lipinski definition) is 0. The molecule has 1 aromatic heterocycles. The van der Waals surface area contributed by atoms with Gasteiger partial charge in [-0.1, -0.05) is 65.2 Å². The maximum atomic E-state index is 5.91. The predicted molar refractivity (Wildman–Crippen MR) is 90.8 cm³/mol. The van der Waals surface area contributed by atoms with Gasteiger partial charge in [-0.05, 0) is 12.8 Å². The van der Waals surface area contributed by atoms with Gasteiger partial charge in [0.1, 0.15) is 11.6 Å². The van der Waals surface area contributed by atoms with E-state index in [1.807, 2.05) is 0 Å². The summed E-state index contributed by atoms with van der Waals surface area (Å²) < 4.78 is 2.21. The van der Waals surface area contributed by atoms with Gasteiger partial charge in [0.05, 0.1) is 5.88 Å². The molecule has 0 bridgehead atoms. The van der Waals surface area contributed by atoms with Crippen LogP contribution in [0.5, 0.6) is 0 Å². The van der Waals surface area contributed by atoms with E-state index >= 15 is 0 Å². The lowest BCUT2D eigenvalue weighted by Crippen LogP contribution is -2.06. The summed E-state index contributed by atoms with van der Waals surface area (Å²) >= 11 is 5.91. The van der Waals surface area contributed by atoms with E-state index < -0.39 is 0 Å². The molecule has 0 aliphatic carbocycles. The highest BCUT2D eigenvalue weighted by atomic mass is 35.5. The number of aromatic nitrogens is 3. The second-order valence-corrected chi connectivity index (χ2v) is 6.16. The van der Waals surface area contributed by atoms with Gasteiger partial charge in [-0.25, -0.2) is 0 Å². The Kier molecular flexibility index (Phi) is 10.6. The molecule has 0 amide bonds. The minimum absolute atomic E-state index is 0.463. The molecule has 0 atom stereocenters. The molecule has 21 heavy (non-hydrogen) atoms. The van der Waals surface area contributed by atoms with Crippen LogP contribution in [0.4, 0.5) is 0 Å². The van der Waals surface area contributed by atoms with Crippen molar-refractivity contribution in [3.8, 4) is 0 Å². The molecule has 0 saturated carbocycles. The van der Waals surface area contributed by atoms with E-state index in [0.717, 1.165) is 31.0 Å². The van der Waals surface area contributed by atoms with Crippen LogP contribution in [0.15, 0.2) is 0 Å². The molecule has 1 rings (SSSR count). The molecule has 0 fully saturated rings. The minimum Gasteiger partial charge on any atom is -0.314 e. The van der Waals surface area contributed by atoms with Gasteiger partial charge >= 0.3 is 0 Å². The number of alkyl halides is 1. The second kappa shape index (κ2) is 12.0. The first kappa shape index (κ1) is 18.5. The van der Waals surface area contributed by atoms with Crippen LogP contribution >= 0.6 is 11.6 Å². The molecule has 1 aromatic rings. The summed E-state index contributed by atoms with van der Waals surface area (Å²) in [7, 11) is 0. The third-order valence-electron chi connectivity index (χ3n) is 3.97. The average molecular weight is 314 g/mol. The van der Waals surface area contributed by atoms with E-state index in [4.69, 9.17) is 11.6 Å². The number of aryl methyl sites for hydroxylation is 1. The largest absolute Gasteiger partial charge is 0.314 e. The molecule has 0 N–H and O–H groups in total. The second-order valence-electron chi connectivity index (χ2n) is 5.90. The number of unbranched alkanes of at least 4 members (excludes halogenated alkanes) is 8. The minimum atomic E-state index is 0.463. The third-order valence-corrected chi connectivity index (χ3v) is 4.21.